The fourth-order valence-electron chi connectivity index (χ4n) is 3.33. The lowest BCUT2D eigenvalue weighted by Crippen LogP contribution is -2.29. The molecule has 3 aromatic carbocycles. The van der Waals surface area contributed by atoms with Crippen molar-refractivity contribution in [2.24, 2.45) is 5.41 Å². The SMILES string of the molecule is CC1(C)COc2ccc(C(=O)NC(c3ccccc3)c3ccccc3)cc2OC1. The van der Waals surface area contributed by atoms with Gasteiger partial charge in [0.15, 0.2) is 11.5 Å². The van der Waals surface area contributed by atoms with E-state index in [4.69, 9.17) is 9.47 Å². The largest absolute Gasteiger partial charge is 0.489 e. The molecule has 4 nitrogen and oxygen atoms in total. The zero-order valence-electron chi connectivity index (χ0n) is 16.7. The van der Waals surface area contributed by atoms with Crippen molar-refractivity contribution in [1.82, 2.24) is 5.32 Å². The minimum atomic E-state index is -0.236. The summed E-state index contributed by atoms with van der Waals surface area (Å²) in [6.45, 7) is 5.31. The zero-order valence-corrected chi connectivity index (χ0v) is 16.7. The number of fused-ring (bicyclic) bond motifs is 1. The summed E-state index contributed by atoms with van der Waals surface area (Å²) in [6.07, 6.45) is 0. The van der Waals surface area contributed by atoms with Crippen molar-refractivity contribution in [2.45, 2.75) is 19.9 Å². The minimum Gasteiger partial charge on any atom is -0.489 e. The lowest BCUT2D eigenvalue weighted by atomic mass is 9.97. The van der Waals surface area contributed by atoms with Crippen LogP contribution < -0.4 is 14.8 Å². The molecule has 1 N–H and O–H groups in total. The molecule has 0 saturated carbocycles. The Hall–Kier alpha value is -3.27. The van der Waals surface area contributed by atoms with Crippen LogP contribution in [-0.4, -0.2) is 19.1 Å². The first-order valence-corrected chi connectivity index (χ1v) is 9.82. The first kappa shape index (κ1) is 19.1. The number of hydrogen-bond acceptors (Lipinski definition) is 3. The molecule has 0 aromatic heterocycles. The highest BCUT2D eigenvalue weighted by molar-refractivity contribution is 5.95. The molecule has 1 aliphatic rings. The maximum absolute atomic E-state index is 13.1. The first-order chi connectivity index (χ1) is 14.0. The van der Waals surface area contributed by atoms with E-state index < -0.39 is 0 Å². The molecule has 0 unspecified atom stereocenters. The van der Waals surface area contributed by atoms with Crippen LogP contribution in [-0.2, 0) is 0 Å². The fourth-order valence-corrected chi connectivity index (χ4v) is 3.33. The van der Waals surface area contributed by atoms with Gasteiger partial charge in [-0.05, 0) is 29.3 Å². The molecule has 0 fully saturated rings. The van der Waals surface area contributed by atoms with Crippen LogP contribution in [0.5, 0.6) is 11.5 Å². The molecular weight excluding hydrogens is 362 g/mol. The van der Waals surface area contributed by atoms with Gasteiger partial charge in [0.05, 0.1) is 19.3 Å². The van der Waals surface area contributed by atoms with E-state index in [-0.39, 0.29) is 17.4 Å². The third kappa shape index (κ3) is 4.43. The van der Waals surface area contributed by atoms with Gasteiger partial charge in [-0.3, -0.25) is 4.79 Å². The monoisotopic (exact) mass is 387 g/mol. The third-order valence-corrected chi connectivity index (χ3v) is 4.98. The van der Waals surface area contributed by atoms with Gasteiger partial charge >= 0.3 is 0 Å². The smallest absolute Gasteiger partial charge is 0.252 e. The predicted molar refractivity (Wildman–Crippen MR) is 113 cm³/mol. The third-order valence-electron chi connectivity index (χ3n) is 4.98. The quantitative estimate of drug-likeness (QED) is 0.685. The molecule has 1 amide bonds. The van der Waals surface area contributed by atoms with Crippen LogP contribution in [0.1, 0.15) is 41.4 Å². The molecule has 3 aromatic rings. The highest BCUT2D eigenvalue weighted by atomic mass is 16.5. The number of carbonyl (C=O) groups excluding carboxylic acids is 1. The number of carbonyl (C=O) groups is 1. The molecule has 0 atom stereocenters. The zero-order chi connectivity index (χ0) is 20.3. The van der Waals surface area contributed by atoms with E-state index in [1.807, 2.05) is 66.7 Å². The number of hydrogen-bond donors (Lipinski definition) is 1. The number of rotatable bonds is 4. The van der Waals surface area contributed by atoms with Crippen molar-refractivity contribution in [3.05, 3.63) is 95.6 Å². The summed E-state index contributed by atoms with van der Waals surface area (Å²) in [5.41, 5.74) is 2.53. The molecular formula is C25H25NO3. The Morgan fingerprint density at radius 1 is 0.828 bits per heavy atom. The Labute approximate surface area is 171 Å². The standard InChI is InChI=1S/C25H25NO3/c1-25(2)16-28-21-14-13-20(15-22(21)29-17-25)24(27)26-23(18-9-5-3-6-10-18)19-11-7-4-8-12-19/h3-15,23H,16-17H2,1-2H3,(H,26,27). The molecule has 0 spiro atoms. The van der Waals surface area contributed by atoms with Gasteiger partial charge in [0, 0.05) is 11.0 Å². The second kappa shape index (κ2) is 8.00. The predicted octanol–water partition coefficient (Wildman–Crippen LogP) is 5.00. The maximum atomic E-state index is 13.1. The van der Waals surface area contributed by atoms with Gasteiger partial charge < -0.3 is 14.8 Å². The van der Waals surface area contributed by atoms with E-state index in [1.54, 1.807) is 12.1 Å². The second-order valence-corrected chi connectivity index (χ2v) is 8.13. The summed E-state index contributed by atoms with van der Waals surface area (Å²) in [6, 6.07) is 25.1. The number of nitrogens with one attached hydrogen (secondary N) is 1. The Morgan fingerprint density at radius 3 is 1.97 bits per heavy atom. The van der Waals surface area contributed by atoms with Crippen molar-refractivity contribution in [3.8, 4) is 11.5 Å². The number of ether oxygens (including phenoxy) is 2. The van der Waals surface area contributed by atoms with Crippen LogP contribution in [0, 0.1) is 5.41 Å². The average molecular weight is 387 g/mol. The normalized spacial score (nSPS) is 14.9. The Balaban J connectivity index is 1.60. The van der Waals surface area contributed by atoms with E-state index in [0.29, 0.717) is 30.3 Å². The maximum Gasteiger partial charge on any atom is 0.252 e. The van der Waals surface area contributed by atoms with Gasteiger partial charge in [0.25, 0.3) is 5.91 Å². The summed E-state index contributed by atoms with van der Waals surface area (Å²) in [5, 5.41) is 3.17. The molecule has 0 aliphatic carbocycles. The van der Waals surface area contributed by atoms with Crippen LogP contribution in [0.4, 0.5) is 0 Å². The Kier molecular flexibility index (Phi) is 5.26. The Bertz CT molecular complexity index is 944. The summed E-state index contributed by atoms with van der Waals surface area (Å²) in [4.78, 5) is 13.1. The Morgan fingerprint density at radius 2 is 1.38 bits per heavy atom. The molecule has 0 saturated heterocycles. The molecule has 1 heterocycles. The molecule has 4 heteroatoms. The molecule has 148 valence electrons. The molecule has 0 radical (unpaired) electrons. The van der Waals surface area contributed by atoms with Gasteiger partial charge in [0.2, 0.25) is 0 Å². The van der Waals surface area contributed by atoms with Crippen LogP contribution in [0.2, 0.25) is 0 Å². The fraction of sp³-hybridized carbons (Fsp3) is 0.240. The summed E-state index contributed by atoms with van der Waals surface area (Å²) < 4.78 is 11.8. The van der Waals surface area contributed by atoms with Crippen LogP contribution in [0.25, 0.3) is 0 Å². The molecule has 4 rings (SSSR count). The van der Waals surface area contributed by atoms with E-state index in [1.165, 1.54) is 0 Å². The molecule has 29 heavy (non-hydrogen) atoms. The van der Waals surface area contributed by atoms with Gasteiger partial charge in [-0.25, -0.2) is 0 Å². The van der Waals surface area contributed by atoms with E-state index in [2.05, 4.69) is 19.2 Å². The van der Waals surface area contributed by atoms with Gasteiger partial charge in [-0.2, -0.15) is 0 Å². The van der Waals surface area contributed by atoms with E-state index in [0.717, 1.165) is 11.1 Å². The van der Waals surface area contributed by atoms with Crippen LogP contribution in [0.15, 0.2) is 78.9 Å². The van der Waals surface area contributed by atoms with Gasteiger partial charge in [0.1, 0.15) is 0 Å². The minimum absolute atomic E-state index is 0.0762. The van der Waals surface area contributed by atoms with Crippen molar-refractivity contribution >= 4 is 5.91 Å². The van der Waals surface area contributed by atoms with Crippen molar-refractivity contribution in [1.29, 1.82) is 0 Å². The van der Waals surface area contributed by atoms with Crippen molar-refractivity contribution in [3.63, 3.8) is 0 Å². The average Bonchev–Trinajstić information content (AvgIpc) is 2.91. The summed E-state index contributed by atoms with van der Waals surface area (Å²) >= 11 is 0. The summed E-state index contributed by atoms with van der Waals surface area (Å²) in [7, 11) is 0. The van der Waals surface area contributed by atoms with Crippen molar-refractivity contribution in [2.75, 3.05) is 13.2 Å². The topological polar surface area (TPSA) is 47.6 Å². The number of amides is 1. The van der Waals surface area contributed by atoms with Crippen molar-refractivity contribution < 1.29 is 14.3 Å². The number of benzene rings is 3. The van der Waals surface area contributed by atoms with Gasteiger partial charge in [-0.1, -0.05) is 74.5 Å². The highest BCUT2D eigenvalue weighted by Gasteiger charge is 2.26. The summed E-state index contributed by atoms with van der Waals surface area (Å²) in [5.74, 6) is 1.13. The first-order valence-electron chi connectivity index (χ1n) is 9.82. The van der Waals surface area contributed by atoms with Crippen LogP contribution >= 0.6 is 0 Å². The highest BCUT2D eigenvalue weighted by Crippen LogP contribution is 2.34. The molecule has 0 bridgehead atoms. The van der Waals surface area contributed by atoms with Crippen LogP contribution in [0.3, 0.4) is 0 Å². The second-order valence-electron chi connectivity index (χ2n) is 8.13. The van der Waals surface area contributed by atoms with Gasteiger partial charge in [-0.15, -0.1) is 0 Å². The molecule has 1 aliphatic heterocycles. The van der Waals surface area contributed by atoms with E-state index >= 15 is 0 Å². The van der Waals surface area contributed by atoms with E-state index in [9.17, 15) is 4.79 Å². The lowest BCUT2D eigenvalue weighted by Gasteiger charge is -2.20. The lowest BCUT2D eigenvalue weighted by molar-refractivity contribution is 0.0942.